The van der Waals surface area contributed by atoms with Crippen LogP contribution in [0.25, 0.3) is 0 Å². The predicted molar refractivity (Wildman–Crippen MR) is 113 cm³/mol. The topological polar surface area (TPSA) is 111 Å². The van der Waals surface area contributed by atoms with Crippen LogP contribution < -0.4 is 4.90 Å². The number of carbonyl (C=O) groups excluding carboxylic acids is 3. The molecule has 0 radical (unpaired) electrons. The zero-order valence-corrected chi connectivity index (χ0v) is 17.4. The van der Waals surface area contributed by atoms with Crippen LogP contribution in [0.1, 0.15) is 22.0 Å². The number of hydrogen-bond donors (Lipinski definition) is 1. The summed E-state index contributed by atoms with van der Waals surface area (Å²) < 4.78 is 5.37. The number of Topliss-reactive ketones (excluding diaryl/α,β-unsaturated/α-hetero) is 2. The number of non-ortho nitro benzene ring substituents is 1. The summed E-state index contributed by atoms with van der Waals surface area (Å²) in [6.45, 7) is 3.83. The molecule has 0 aliphatic carbocycles. The maximum Gasteiger partial charge on any atom is 0.291 e. The molecule has 2 aromatic rings. The molecule has 2 saturated heterocycles. The number of nitrogens with one attached hydrogen (secondary N) is 1. The molecule has 9 heteroatoms. The van der Waals surface area contributed by atoms with Gasteiger partial charge >= 0.3 is 0 Å². The van der Waals surface area contributed by atoms with Crippen molar-refractivity contribution in [1.29, 1.82) is 0 Å². The van der Waals surface area contributed by atoms with Gasteiger partial charge in [0, 0.05) is 17.7 Å². The highest BCUT2D eigenvalue weighted by atomic mass is 16.6. The third-order valence-corrected chi connectivity index (χ3v) is 6.10. The summed E-state index contributed by atoms with van der Waals surface area (Å²) in [4.78, 5) is 52.5. The van der Waals surface area contributed by atoms with Gasteiger partial charge in [-0.2, -0.15) is 0 Å². The van der Waals surface area contributed by atoms with Gasteiger partial charge in [-0.25, -0.2) is 0 Å². The van der Waals surface area contributed by atoms with Crippen molar-refractivity contribution >= 4 is 23.2 Å². The largest absolute Gasteiger partial charge is 0.370 e. The van der Waals surface area contributed by atoms with Gasteiger partial charge in [0.25, 0.3) is 11.6 Å². The molecule has 2 aliphatic rings. The van der Waals surface area contributed by atoms with Crippen LogP contribution in [0.3, 0.4) is 0 Å². The Morgan fingerprint density at radius 1 is 1.06 bits per heavy atom. The second kappa shape index (κ2) is 9.37. The van der Waals surface area contributed by atoms with Gasteiger partial charge in [0.1, 0.15) is 19.0 Å². The molecule has 1 amide bonds. The average Bonchev–Trinajstić information content (AvgIpc) is 3.08. The van der Waals surface area contributed by atoms with Crippen molar-refractivity contribution in [1.82, 2.24) is 4.90 Å². The quantitative estimate of drug-likeness (QED) is 0.221. The van der Waals surface area contributed by atoms with Crippen molar-refractivity contribution in [2.24, 2.45) is 5.92 Å². The number of likely N-dealkylation sites (tertiary alicyclic amines) is 1. The summed E-state index contributed by atoms with van der Waals surface area (Å²) in [5, 5.41) is 11.1. The number of quaternary nitrogens is 1. The van der Waals surface area contributed by atoms with Crippen LogP contribution in [-0.2, 0) is 14.3 Å². The number of morpholine rings is 1. The maximum atomic E-state index is 13.3. The lowest BCUT2D eigenvalue weighted by Gasteiger charge is -2.30. The summed E-state index contributed by atoms with van der Waals surface area (Å²) in [6, 6.07) is 13.3. The summed E-state index contributed by atoms with van der Waals surface area (Å²) in [7, 11) is 0. The number of hydrogen-bond acceptors (Lipinski definition) is 6. The number of ether oxygens (including phenoxy) is 1. The number of nitro benzene ring substituents is 1. The Bertz CT molecular complexity index is 1020. The number of carbonyl (C=O) groups is 3. The van der Waals surface area contributed by atoms with Crippen molar-refractivity contribution in [3.05, 3.63) is 75.8 Å². The lowest BCUT2D eigenvalue weighted by molar-refractivity contribution is -0.907. The first-order valence-electron chi connectivity index (χ1n) is 10.6. The molecule has 2 atom stereocenters. The Morgan fingerprint density at radius 3 is 2.34 bits per heavy atom. The molecule has 0 bridgehead atoms. The second-order valence-corrected chi connectivity index (χ2v) is 7.98. The van der Waals surface area contributed by atoms with E-state index in [9.17, 15) is 24.5 Å². The molecule has 2 unspecified atom stereocenters. The minimum atomic E-state index is -1.19. The van der Waals surface area contributed by atoms with E-state index in [0.29, 0.717) is 37.4 Å². The number of nitrogens with zero attached hydrogens (tertiary/aromatic N) is 2. The molecule has 9 nitrogen and oxygen atoms in total. The molecule has 0 saturated carbocycles. The fourth-order valence-corrected chi connectivity index (χ4v) is 4.36. The predicted octanol–water partition coefficient (Wildman–Crippen LogP) is 0.461. The van der Waals surface area contributed by atoms with Gasteiger partial charge in [-0.05, 0) is 5.56 Å². The lowest BCUT2D eigenvalue weighted by Crippen LogP contribution is -3.14. The average molecular weight is 438 g/mol. The molecular weight excluding hydrogens is 414 g/mol. The Morgan fingerprint density at radius 2 is 1.72 bits per heavy atom. The Labute approximate surface area is 184 Å². The van der Waals surface area contributed by atoms with Crippen molar-refractivity contribution in [3.8, 4) is 0 Å². The number of nitro groups is 1. The minimum absolute atomic E-state index is 0.0975. The molecule has 166 valence electrons. The second-order valence-electron chi connectivity index (χ2n) is 7.98. The standard InChI is InChI=1S/C23H23N3O6/c27-21(17-4-2-1-3-5-17)19-20(16-6-8-18(9-7-16)26(30)31)25(23(29)22(19)28)11-10-24-12-14-32-15-13-24/h1-9,19-20H,10-15H2/p+1. The fraction of sp³-hybridized carbons (Fsp3) is 0.348. The molecule has 32 heavy (non-hydrogen) atoms. The van der Waals surface area contributed by atoms with E-state index in [0.717, 1.165) is 13.1 Å². The Balaban J connectivity index is 1.67. The minimum Gasteiger partial charge on any atom is -0.370 e. The van der Waals surface area contributed by atoms with Crippen LogP contribution >= 0.6 is 0 Å². The van der Waals surface area contributed by atoms with E-state index < -0.39 is 34.4 Å². The summed E-state index contributed by atoms with van der Waals surface area (Å²) >= 11 is 0. The van der Waals surface area contributed by atoms with Crippen molar-refractivity contribution in [2.75, 3.05) is 39.4 Å². The zero-order chi connectivity index (χ0) is 22.7. The fourth-order valence-electron chi connectivity index (χ4n) is 4.36. The summed E-state index contributed by atoms with van der Waals surface area (Å²) in [5.74, 6) is -3.03. The van der Waals surface area contributed by atoms with Crippen LogP contribution in [-0.4, -0.2) is 66.7 Å². The number of benzene rings is 2. The normalized spacial score (nSPS) is 21.7. The van der Waals surface area contributed by atoms with Gasteiger partial charge < -0.3 is 14.5 Å². The van der Waals surface area contributed by atoms with Gasteiger partial charge in [0.05, 0.1) is 37.3 Å². The van der Waals surface area contributed by atoms with E-state index in [-0.39, 0.29) is 5.69 Å². The highest BCUT2D eigenvalue weighted by molar-refractivity contribution is 6.44. The third-order valence-electron chi connectivity index (χ3n) is 6.10. The van der Waals surface area contributed by atoms with E-state index in [4.69, 9.17) is 4.74 Å². The van der Waals surface area contributed by atoms with Crippen molar-refractivity contribution in [3.63, 3.8) is 0 Å². The molecule has 2 heterocycles. The zero-order valence-electron chi connectivity index (χ0n) is 17.4. The Kier molecular flexibility index (Phi) is 6.38. The third kappa shape index (κ3) is 4.30. The van der Waals surface area contributed by atoms with Crippen LogP contribution in [0.15, 0.2) is 54.6 Å². The van der Waals surface area contributed by atoms with Gasteiger partial charge in [-0.15, -0.1) is 0 Å². The number of rotatable bonds is 7. The first-order chi connectivity index (χ1) is 15.5. The Hall–Kier alpha value is -3.43. The van der Waals surface area contributed by atoms with E-state index in [1.165, 1.54) is 34.1 Å². The van der Waals surface area contributed by atoms with E-state index >= 15 is 0 Å². The molecule has 2 aromatic carbocycles. The van der Waals surface area contributed by atoms with Crippen LogP contribution in [0.5, 0.6) is 0 Å². The smallest absolute Gasteiger partial charge is 0.291 e. The molecular formula is C23H24N3O6+. The van der Waals surface area contributed by atoms with Gasteiger partial charge in [-0.3, -0.25) is 24.5 Å². The van der Waals surface area contributed by atoms with Gasteiger partial charge in [0.15, 0.2) is 5.78 Å². The van der Waals surface area contributed by atoms with Crippen molar-refractivity contribution in [2.45, 2.75) is 6.04 Å². The SMILES string of the molecule is O=C1C(=O)N(CC[NH+]2CCOCC2)C(c2ccc([N+](=O)[O-])cc2)C1C(=O)c1ccccc1. The van der Waals surface area contributed by atoms with E-state index in [2.05, 4.69) is 0 Å². The lowest BCUT2D eigenvalue weighted by atomic mass is 9.86. The van der Waals surface area contributed by atoms with Crippen molar-refractivity contribution < 1.29 is 28.9 Å². The number of ketones is 2. The highest BCUT2D eigenvalue weighted by Crippen LogP contribution is 2.38. The van der Waals surface area contributed by atoms with Crippen LogP contribution in [0.4, 0.5) is 5.69 Å². The van der Waals surface area contributed by atoms with Crippen LogP contribution in [0, 0.1) is 16.0 Å². The number of amides is 1. The first kappa shape index (κ1) is 21.8. The first-order valence-corrected chi connectivity index (χ1v) is 10.6. The van der Waals surface area contributed by atoms with Crippen LogP contribution in [0.2, 0.25) is 0 Å². The van der Waals surface area contributed by atoms with E-state index in [1.807, 2.05) is 0 Å². The molecule has 4 rings (SSSR count). The molecule has 1 N–H and O–H groups in total. The van der Waals surface area contributed by atoms with Gasteiger partial charge in [0.2, 0.25) is 5.78 Å². The molecule has 2 aliphatic heterocycles. The summed E-state index contributed by atoms with van der Waals surface area (Å²) in [6.07, 6.45) is 0. The maximum absolute atomic E-state index is 13.3. The summed E-state index contributed by atoms with van der Waals surface area (Å²) in [5.41, 5.74) is 0.784. The van der Waals surface area contributed by atoms with E-state index in [1.54, 1.807) is 30.3 Å². The molecule has 0 aromatic heterocycles. The van der Waals surface area contributed by atoms with Gasteiger partial charge in [-0.1, -0.05) is 42.5 Å². The molecule has 0 spiro atoms. The molecule has 2 fully saturated rings. The monoisotopic (exact) mass is 438 g/mol. The highest BCUT2D eigenvalue weighted by Gasteiger charge is 2.51.